The first-order chi connectivity index (χ1) is 15.0. The van der Waals surface area contributed by atoms with Gasteiger partial charge in [0.2, 0.25) is 0 Å². The second kappa shape index (κ2) is 8.41. The molecular formula is C23H25BrN6S. The quantitative estimate of drug-likeness (QED) is 0.406. The lowest BCUT2D eigenvalue weighted by molar-refractivity contribution is 0.446. The van der Waals surface area contributed by atoms with Crippen LogP contribution in [0.25, 0.3) is 27.7 Å². The Morgan fingerprint density at radius 3 is 2.97 bits per heavy atom. The van der Waals surface area contributed by atoms with Gasteiger partial charge in [-0.25, -0.2) is 4.98 Å². The molecule has 0 aliphatic carbocycles. The molecule has 1 aliphatic heterocycles. The van der Waals surface area contributed by atoms with E-state index < -0.39 is 0 Å². The molecule has 8 heteroatoms. The first-order valence-electron chi connectivity index (χ1n) is 10.5. The highest BCUT2D eigenvalue weighted by Crippen LogP contribution is 2.33. The maximum atomic E-state index is 6.46. The van der Waals surface area contributed by atoms with Gasteiger partial charge in [-0.15, -0.1) is 0 Å². The Kier molecular flexibility index (Phi) is 5.62. The van der Waals surface area contributed by atoms with E-state index in [1.54, 1.807) is 4.52 Å². The fraction of sp³-hybridized carbons (Fsp3) is 0.348. The Morgan fingerprint density at radius 1 is 1.29 bits per heavy atom. The Labute approximate surface area is 194 Å². The van der Waals surface area contributed by atoms with Crippen molar-refractivity contribution in [1.82, 2.24) is 24.9 Å². The minimum Gasteiger partial charge on any atom is -0.383 e. The molecule has 2 atom stereocenters. The molecule has 1 aliphatic rings. The third-order valence-electron chi connectivity index (χ3n) is 5.85. The molecular weight excluding hydrogens is 472 g/mol. The molecule has 4 heterocycles. The lowest BCUT2D eigenvalue weighted by Crippen LogP contribution is -2.36. The van der Waals surface area contributed by atoms with Crippen LogP contribution >= 0.6 is 27.7 Å². The molecule has 1 saturated heterocycles. The van der Waals surface area contributed by atoms with Gasteiger partial charge in [-0.1, -0.05) is 11.6 Å². The van der Waals surface area contributed by atoms with Crippen molar-refractivity contribution in [3.63, 3.8) is 0 Å². The second-order valence-electron chi connectivity index (χ2n) is 8.21. The van der Waals surface area contributed by atoms with Crippen molar-refractivity contribution >= 4 is 50.1 Å². The van der Waals surface area contributed by atoms with Crippen LogP contribution in [0.5, 0.6) is 0 Å². The highest BCUT2D eigenvalue weighted by atomic mass is 79.9. The number of pyridine rings is 1. The number of nitrogens with zero attached hydrogens (tertiary/aromatic N) is 4. The van der Waals surface area contributed by atoms with E-state index in [2.05, 4.69) is 63.4 Å². The SMILES string of the molecule is Cc1ccc2ncc(-c3cnn4c(N)c(Br)c(C(C)NC5CCCSC5)nc34)cc2c1. The van der Waals surface area contributed by atoms with Crippen molar-refractivity contribution in [3.8, 4) is 11.1 Å². The standard InChI is InChI=1S/C23H25BrN6S/c1-13-5-6-19-15(8-13)9-16(10-26-19)18-11-27-30-22(25)20(24)21(29-23(18)30)14(2)28-17-4-3-7-31-12-17/h5-6,8-11,14,17,28H,3-4,7,12,25H2,1-2H3. The number of anilines is 1. The number of nitrogens with two attached hydrogens (primary N) is 1. The van der Waals surface area contributed by atoms with Gasteiger partial charge in [-0.05, 0) is 66.6 Å². The maximum Gasteiger partial charge on any atom is 0.165 e. The van der Waals surface area contributed by atoms with Crippen molar-refractivity contribution in [3.05, 3.63) is 52.4 Å². The lowest BCUT2D eigenvalue weighted by Gasteiger charge is -2.26. The topological polar surface area (TPSA) is 81.1 Å². The summed E-state index contributed by atoms with van der Waals surface area (Å²) < 4.78 is 2.50. The predicted molar refractivity (Wildman–Crippen MR) is 132 cm³/mol. The smallest absolute Gasteiger partial charge is 0.165 e. The number of rotatable bonds is 4. The van der Waals surface area contributed by atoms with Crippen LogP contribution in [0.3, 0.4) is 0 Å². The fourth-order valence-corrected chi connectivity index (χ4v) is 5.89. The number of fused-ring (bicyclic) bond motifs is 2. The molecule has 0 saturated carbocycles. The monoisotopic (exact) mass is 496 g/mol. The second-order valence-corrected chi connectivity index (χ2v) is 10.2. The zero-order valence-electron chi connectivity index (χ0n) is 17.6. The zero-order valence-corrected chi connectivity index (χ0v) is 20.0. The van der Waals surface area contributed by atoms with Gasteiger partial charge in [-0.2, -0.15) is 21.4 Å². The van der Waals surface area contributed by atoms with Gasteiger partial charge in [0.25, 0.3) is 0 Å². The zero-order chi connectivity index (χ0) is 21.5. The normalized spacial score (nSPS) is 18.0. The van der Waals surface area contributed by atoms with Gasteiger partial charge in [0.15, 0.2) is 5.65 Å². The maximum absolute atomic E-state index is 6.46. The van der Waals surface area contributed by atoms with Gasteiger partial charge in [-0.3, -0.25) is 4.98 Å². The Bertz CT molecular complexity index is 1260. The third kappa shape index (κ3) is 3.92. The Balaban J connectivity index is 1.57. The summed E-state index contributed by atoms with van der Waals surface area (Å²) in [5, 5.41) is 9.36. The number of benzene rings is 1. The molecule has 1 aromatic carbocycles. The Morgan fingerprint density at radius 2 is 2.16 bits per heavy atom. The predicted octanol–water partition coefficient (Wildman–Crippen LogP) is 5.14. The highest BCUT2D eigenvalue weighted by Gasteiger charge is 2.23. The van der Waals surface area contributed by atoms with E-state index in [0.29, 0.717) is 11.9 Å². The van der Waals surface area contributed by atoms with Gasteiger partial charge < -0.3 is 11.1 Å². The van der Waals surface area contributed by atoms with Crippen LogP contribution in [0, 0.1) is 6.92 Å². The largest absolute Gasteiger partial charge is 0.383 e. The summed E-state index contributed by atoms with van der Waals surface area (Å²) in [6, 6.07) is 8.99. The molecule has 3 N–H and O–H groups in total. The van der Waals surface area contributed by atoms with Crippen LogP contribution in [0.4, 0.5) is 5.82 Å². The minimum atomic E-state index is 0.0745. The van der Waals surface area contributed by atoms with Crippen LogP contribution in [0.15, 0.2) is 41.1 Å². The van der Waals surface area contributed by atoms with E-state index in [-0.39, 0.29) is 6.04 Å². The number of nitrogens with one attached hydrogen (secondary N) is 1. The van der Waals surface area contributed by atoms with Crippen LogP contribution in [-0.4, -0.2) is 37.1 Å². The third-order valence-corrected chi connectivity index (χ3v) is 7.88. The van der Waals surface area contributed by atoms with E-state index in [9.17, 15) is 0 Å². The number of aromatic nitrogens is 4. The molecule has 4 aromatic rings. The number of hydrogen-bond acceptors (Lipinski definition) is 6. The number of hydrogen-bond donors (Lipinski definition) is 2. The van der Waals surface area contributed by atoms with Crippen molar-refractivity contribution in [2.45, 2.75) is 38.8 Å². The van der Waals surface area contributed by atoms with Crippen LogP contribution in [0.2, 0.25) is 0 Å². The molecule has 1 fully saturated rings. The molecule has 3 aromatic heterocycles. The first-order valence-corrected chi connectivity index (χ1v) is 12.5. The molecule has 0 spiro atoms. The molecule has 6 nitrogen and oxygen atoms in total. The first kappa shape index (κ1) is 20.7. The molecule has 0 amide bonds. The van der Waals surface area contributed by atoms with Gasteiger partial charge in [0.1, 0.15) is 5.82 Å². The Hall–Kier alpha value is -2.16. The van der Waals surface area contributed by atoms with Crippen LogP contribution in [-0.2, 0) is 0 Å². The number of halogens is 1. The summed E-state index contributed by atoms with van der Waals surface area (Å²) in [7, 11) is 0. The summed E-state index contributed by atoms with van der Waals surface area (Å²) >= 11 is 5.68. The molecule has 5 rings (SSSR count). The van der Waals surface area contributed by atoms with Crippen LogP contribution in [0.1, 0.15) is 37.1 Å². The average Bonchev–Trinajstić information content (AvgIpc) is 3.20. The average molecular weight is 497 g/mol. The molecule has 160 valence electrons. The molecule has 2 unspecified atom stereocenters. The summed E-state index contributed by atoms with van der Waals surface area (Å²) in [6.07, 6.45) is 6.16. The summed E-state index contributed by atoms with van der Waals surface area (Å²) in [5.74, 6) is 2.95. The molecule has 31 heavy (non-hydrogen) atoms. The van der Waals surface area contributed by atoms with Gasteiger partial charge >= 0.3 is 0 Å². The lowest BCUT2D eigenvalue weighted by atomic mass is 10.1. The van der Waals surface area contributed by atoms with E-state index in [1.807, 2.05) is 30.2 Å². The van der Waals surface area contributed by atoms with Crippen molar-refractivity contribution in [2.24, 2.45) is 0 Å². The van der Waals surface area contributed by atoms with E-state index in [1.165, 1.54) is 24.2 Å². The fourth-order valence-electron chi connectivity index (χ4n) is 4.21. The van der Waals surface area contributed by atoms with E-state index in [4.69, 9.17) is 10.7 Å². The van der Waals surface area contributed by atoms with E-state index in [0.717, 1.165) is 43.6 Å². The van der Waals surface area contributed by atoms with Crippen molar-refractivity contribution in [1.29, 1.82) is 0 Å². The van der Waals surface area contributed by atoms with Gasteiger partial charge in [0.05, 0.1) is 21.9 Å². The highest BCUT2D eigenvalue weighted by molar-refractivity contribution is 9.10. The summed E-state index contributed by atoms with van der Waals surface area (Å²) in [6.45, 7) is 4.24. The number of thioether (sulfide) groups is 1. The van der Waals surface area contributed by atoms with Crippen LogP contribution < -0.4 is 11.1 Å². The molecule has 0 bridgehead atoms. The van der Waals surface area contributed by atoms with E-state index >= 15 is 0 Å². The minimum absolute atomic E-state index is 0.0745. The summed E-state index contributed by atoms with van der Waals surface area (Å²) in [4.78, 5) is 9.65. The van der Waals surface area contributed by atoms with Crippen molar-refractivity contribution in [2.75, 3.05) is 17.2 Å². The number of aryl methyl sites for hydroxylation is 1. The summed E-state index contributed by atoms with van der Waals surface area (Å²) in [5.41, 5.74) is 12.2. The van der Waals surface area contributed by atoms with Gasteiger partial charge in [0, 0.05) is 40.5 Å². The van der Waals surface area contributed by atoms with Crippen molar-refractivity contribution < 1.29 is 0 Å². The molecule has 0 radical (unpaired) electrons. The number of nitrogen functional groups attached to an aromatic ring is 1.